The second-order valence-electron chi connectivity index (χ2n) is 12.4. The summed E-state index contributed by atoms with van der Waals surface area (Å²) in [4.78, 5) is 41.3. The lowest BCUT2D eigenvalue weighted by Gasteiger charge is -2.36. The molecule has 0 spiro atoms. The molecule has 0 aliphatic carbocycles. The van der Waals surface area contributed by atoms with Gasteiger partial charge in [0.25, 0.3) is 0 Å². The number of aromatic nitrogens is 5. The van der Waals surface area contributed by atoms with Gasteiger partial charge in [0.1, 0.15) is 23.3 Å². The van der Waals surface area contributed by atoms with E-state index in [4.69, 9.17) is 21.3 Å². The number of carbonyl (C=O) groups excluding carboxylic acids is 1. The van der Waals surface area contributed by atoms with Gasteiger partial charge < -0.3 is 24.4 Å². The van der Waals surface area contributed by atoms with E-state index in [1.165, 1.54) is 5.56 Å². The summed E-state index contributed by atoms with van der Waals surface area (Å²) in [5, 5.41) is 0.645. The summed E-state index contributed by atoms with van der Waals surface area (Å²) in [6.45, 7) is 15.9. The van der Waals surface area contributed by atoms with Crippen LogP contribution >= 0.6 is 11.6 Å². The van der Waals surface area contributed by atoms with Crippen molar-refractivity contribution in [3.8, 4) is 11.4 Å². The fourth-order valence-electron chi connectivity index (χ4n) is 5.24. The fourth-order valence-corrected chi connectivity index (χ4v) is 5.50. The van der Waals surface area contributed by atoms with E-state index in [1.807, 2.05) is 33.2 Å². The SMILES string of the molecule is CCC(C)(C)OC(=O)N1CCN(C)CC1.Cc1ccc(-c2nc3ncc(Cl)c(N4CCN(Cc5cncnc5)CC4)c3[nH]2)cc1. The molecule has 1 amide bonds. The fraction of sp³-hybridized carbons (Fsp3) is 0.485. The van der Waals surface area contributed by atoms with Crippen molar-refractivity contribution >= 4 is 34.5 Å². The highest BCUT2D eigenvalue weighted by Crippen LogP contribution is 2.34. The number of nitrogens with zero attached hydrogens (tertiary/aromatic N) is 8. The summed E-state index contributed by atoms with van der Waals surface area (Å²) in [5.74, 6) is 0.809. The number of hydrogen-bond acceptors (Lipinski definition) is 9. The molecule has 2 fully saturated rings. The van der Waals surface area contributed by atoms with Crippen molar-refractivity contribution in [3.05, 3.63) is 65.3 Å². The zero-order valence-corrected chi connectivity index (χ0v) is 27.7. The number of amides is 1. The lowest BCUT2D eigenvalue weighted by molar-refractivity contribution is 0.00418. The molecular weight excluding hydrogens is 590 g/mol. The molecular formula is C33H44ClN9O2. The molecule has 3 aromatic heterocycles. The summed E-state index contributed by atoms with van der Waals surface area (Å²) < 4.78 is 5.43. The molecule has 0 radical (unpaired) electrons. The molecule has 1 N–H and O–H groups in total. The molecule has 6 rings (SSSR count). The van der Waals surface area contributed by atoms with Crippen molar-refractivity contribution in [1.82, 2.24) is 39.6 Å². The number of piperazine rings is 2. The highest BCUT2D eigenvalue weighted by Gasteiger charge is 2.27. The van der Waals surface area contributed by atoms with Crippen LogP contribution in [-0.2, 0) is 11.3 Å². The average Bonchev–Trinajstić information content (AvgIpc) is 3.47. The number of halogens is 1. The second-order valence-corrected chi connectivity index (χ2v) is 12.8. The van der Waals surface area contributed by atoms with Gasteiger partial charge in [-0.15, -0.1) is 0 Å². The molecule has 2 aliphatic rings. The van der Waals surface area contributed by atoms with Gasteiger partial charge in [0.15, 0.2) is 5.65 Å². The van der Waals surface area contributed by atoms with Crippen LogP contribution in [0, 0.1) is 6.92 Å². The van der Waals surface area contributed by atoms with Crippen molar-refractivity contribution in [3.63, 3.8) is 0 Å². The van der Waals surface area contributed by atoms with Gasteiger partial charge in [-0.2, -0.15) is 0 Å². The quantitative estimate of drug-likeness (QED) is 0.304. The smallest absolute Gasteiger partial charge is 0.410 e. The third-order valence-electron chi connectivity index (χ3n) is 8.46. The van der Waals surface area contributed by atoms with E-state index in [2.05, 4.69) is 72.9 Å². The Balaban J connectivity index is 0.000000226. The lowest BCUT2D eigenvalue weighted by atomic mass is 10.1. The lowest BCUT2D eigenvalue weighted by Crippen LogP contribution is -2.48. The van der Waals surface area contributed by atoms with Crippen LogP contribution in [0.4, 0.5) is 10.5 Å². The first-order valence-electron chi connectivity index (χ1n) is 15.6. The summed E-state index contributed by atoms with van der Waals surface area (Å²) >= 11 is 6.60. The van der Waals surface area contributed by atoms with Crippen molar-refractivity contribution in [2.24, 2.45) is 0 Å². The van der Waals surface area contributed by atoms with Gasteiger partial charge in [-0.05, 0) is 34.2 Å². The number of fused-ring (bicyclic) bond motifs is 1. The maximum absolute atomic E-state index is 11.8. The Kier molecular flexibility index (Phi) is 10.5. The molecule has 0 bridgehead atoms. The molecule has 2 saturated heterocycles. The summed E-state index contributed by atoms with van der Waals surface area (Å²) in [5.41, 5.74) is 5.60. The minimum Gasteiger partial charge on any atom is -0.443 e. The number of ether oxygens (including phenoxy) is 1. The molecule has 0 unspecified atom stereocenters. The van der Waals surface area contributed by atoms with Crippen molar-refractivity contribution in [2.45, 2.75) is 46.3 Å². The van der Waals surface area contributed by atoms with Gasteiger partial charge in [-0.1, -0.05) is 48.4 Å². The van der Waals surface area contributed by atoms with E-state index in [0.29, 0.717) is 10.7 Å². The molecule has 0 saturated carbocycles. The summed E-state index contributed by atoms with van der Waals surface area (Å²) in [6, 6.07) is 8.31. The van der Waals surface area contributed by atoms with Crippen LogP contribution in [0.2, 0.25) is 5.02 Å². The third kappa shape index (κ3) is 8.47. The number of benzene rings is 1. The Hall–Kier alpha value is -3.80. The molecule has 12 heteroatoms. The summed E-state index contributed by atoms with van der Waals surface area (Å²) in [7, 11) is 2.07. The Morgan fingerprint density at radius 1 is 0.978 bits per heavy atom. The number of hydrogen-bond donors (Lipinski definition) is 1. The van der Waals surface area contributed by atoms with E-state index in [9.17, 15) is 4.79 Å². The van der Waals surface area contributed by atoms with Crippen LogP contribution in [0.25, 0.3) is 22.6 Å². The van der Waals surface area contributed by atoms with Crippen LogP contribution in [0.1, 0.15) is 38.3 Å². The first-order valence-corrected chi connectivity index (χ1v) is 16.0. The number of pyridine rings is 1. The minimum atomic E-state index is -0.347. The normalized spacial score (nSPS) is 16.4. The molecule has 45 heavy (non-hydrogen) atoms. The molecule has 11 nitrogen and oxygen atoms in total. The number of nitrogens with one attached hydrogen (secondary N) is 1. The first kappa shape index (κ1) is 32.6. The zero-order valence-electron chi connectivity index (χ0n) is 27.0. The average molecular weight is 634 g/mol. The van der Waals surface area contributed by atoms with Gasteiger partial charge in [0.2, 0.25) is 0 Å². The van der Waals surface area contributed by atoms with Gasteiger partial charge in [-0.3, -0.25) is 4.90 Å². The van der Waals surface area contributed by atoms with Crippen molar-refractivity contribution in [1.29, 1.82) is 0 Å². The van der Waals surface area contributed by atoms with Crippen LogP contribution in [0.15, 0.2) is 49.2 Å². The maximum atomic E-state index is 11.8. The van der Waals surface area contributed by atoms with Gasteiger partial charge >= 0.3 is 6.09 Å². The third-order valence-corrected chi connectivity index (χ3v) is 8.73. The van der Waals surface area contributed by atoms with Gasteiger partial charge in [0.05, 0.1) is 16.9 Å². The number of anilines is 1. The number of carbonyl (C=O) groups is 1. The van der Waals surface area contributed by atoms with Gasteiger partial charge in [-0.25, -0.2) is 24.7 Å². The number of rotatable bonds is 6. The Labute approximate surface area is 270 Å². The number of imidazole rings is 1. The Morgan fingerprint density at radius 3 is 2.29 bits per heavy atom. The number of likely N-dealkylation sites (N-methyl/N-ethyl adjacent to an activating group) is 1. The Bertz CT molecular complexity index is 1550. The number of H-pyrrole nitrogens is 1. The Morgan fingerprint density at radius 2 is 1.64 bits per heavy atom. The zero-order chi connectivity index (χ0) is 32.0. The van der Waals surface area contributed by atoms with Crippen LogP contribution in [0.5, 0.6) is 0 Å². The van der Waals surface area contributed by atoms with Crippen LogP contribution in [-0.4, -0.2) is 111 Å². The van der Waals surface area contributed by atoms with E-state index in [-0.39, 0.29) is 11.7 Å². The van der Waals surface area contributed by atoms with Crippen molar-refractivity contribution in [2.75, 3.05) is 64.3 Å². The van der Waals surface area contributed by atoms with E-state index in [1.54, 1.807) is 17.4 Å². The molecule has 0 atom stereocenters. The number of aromatic amines is 1. The monoisotopic (exact) mass is 633 g/mol. The standard InChI is InChI=1S/C22H22ClN7.C11H22N2O2/c1-15-2-4-17(5-3-15)21-27-19-20(18(23)12-26-22(19)28-21)30-8-6-29(7-9-30)13-16-10-24-14-25-11-16;1-5-11(2,3)15-10(14)13-8-6-12(4)7-9-13/h2-5,10-12,14H,6-9,13H2,1H3,(H,26,27,28);5-9H2,1-4H3. The molecule has 1 aromatic carbocycles. The first-order chi connectivity index (χ1) is 21.6. The van der Waals surface area contributed by atoms with E-state index >= 15 is 0 Å². The van der Waals surface area contributed by atoms with Crippen LogP contribution in [0.3, 0.4) is 0 Å². The summed E-state index contributed by atoms with van der Waals surface area (Å²) in [6.07, 6.45) is 7.68. The highest BCUT2D eigenvalue weighted by atomic mass is 35.5. The largest absolute Gasteiger partial charge is 0.443 e. The topological polar surface area (TPSA) is 107 Å². The highest BCUT2D eigenvalue weighted by molar-refractivity contribution is 6.34. The molecule has 240 valence electrons. The van der Waals surface area contributed by atoms with Gasteiger partial charge in [0, 0.05) is 82.4 Å². The van der Waals surface area contributed by atoms with E-state index in [0.717, 1.165) is 93.5 Å². The predicted molar refractivity (Wildman–Crippen MR) is 179 cm³/mol. The number of aryl methyl sites for hydroxylation is 1. The predicted octanol–water partition coefficient (Wildman–Crippen LogP) is 5.26. The van der Waals surface area contributed by atoms with Crippen molar-refractivity contribution < 1.29 is 9.53 Å². The minimum absolute atomic E-state index is 0.171. The molecule has 4 aromatic rings. The van der Waals surface area contributed by atoms with Crippen LogP contribution < -0.4 is 4.90 Å². The van der Waals surface area contributed by atoms with E-state index < -0.39 is 0 Å². The molecule has 2 aliphatic heterocycles. The molecule has 5 heterocycles. The second kappa shape index (κ2) is 14.5. The maximum Gasteiger partial charge on any atom is 0.410 e.